The van der Waals surface area contributed by atoms with Gasteiger partial charge in [-0.3, -0.25) is 9.59 Å². The molecule has 1 fully saturated rings. The highest BCUT2D eigenvalue weighted by Gasteiger charge is 2.31. The molecule has 0 bridgehead atoms. The Morgan fingerprint density at radius 3 is 2.74 bits per heavy atom. The summed E-state index contributed by atoms with van der Waals surface area (Å²) in [5.41, 5.74) is 0.438. The van der Waals surface area contributed by atoms with Crippen molar-refractivity contribution in [1.82, 2.24) is 20.2 Å². The van der Waals surface area contributed by atoms with Crippen LogP contribution in [0.4, 0.5) is 0 Å². The van der Waals surface area contributed by atoms with Crippen LogP contribution in [0.15, 0.2) is 18.7 Å². The van der Waals surface area contributed by atoms with Crippen LogP contribution < -0.4 is 5.32 Å². The Balaban J connectivity index is 1.84. The third kappa shape index (κ3) is 3.27. The number of carbonyl (C=O) groups is 2. The van der Waals surface area contributed by atoms with Crippen LogP contribution in [0.3, 0.4) is 0 Å². The molecule has 1 N–H and O–H groups in total. The fourth-order valence-corrected chi connectivity index (χ4v) is 2.20. The summed E-state index contributed by atoms with van der Waals surface area (Å²) in [6.45, 7) is 5.21. The molecule has 0 aliphatic carbocycles. The quantitative estimate of drug-likeness (QED) is 0.855. The van der Waals surface area contributed by atoms with Crippen molar-refractivity contribution in [2.24, 2.45) is 5.92 Å². The van der Waals surface area contributed by atoms with Crippen LogP contribution in [0.2, 0.25) is 0 Å². The second-order valence-electron chi connectivity index (χ2n) is 5.05. The van der Waals surface area contributed by atoms with Gasteiger partial charge in [0.1, 0.15) is 6.33 Å². The number of aromatic nitrogens is 2. The van der Waals surface area contributed by atoms with E-state index in [1.807, 2.05) is 18.7 Å². The van der Waals surface area contributed by atoms with Crippen molar-refractivity contribution in [1.29, 1.82) is 0 Å². The highest BCUT2D eigenvalue weighted by molar-refractivity contribution is 5.93. The molecule has 6 heteroatoms. The van der Waals surface area contributed by atoms with Crippen molar-refractivity contribution in [3.05, 3.63) is 24.3 Å². The predicted octanol–water partition coefficient (Wildman–Crippen LogP) is 0.463. The van der Waals surface area contributed by atoms with Crippen LogP contribution in [0.25, 0.3) is 0 Å². The number of nitrogens with one attached hydrogen (secondary N) is 1. The molecule has 0 spiro atoms. The van der Waals surface area contributed by atoms with E-state index in [1.165, 1.54) is 18.7 Å². The summed E-state index contributed by atoms with van der Waals surface area (Å²) < 4.78 is 0. The molecule has 1 aromatic heterocycles. The zero-order chi connectivity index (χ0) is 13.8. The number of hydrogen-bond donors (Lipinski definition) is 1. The summed E-state index contributed by atoms with van der Waals surface area (Å²) in [6.07, 6.45) is 4.84. The Morgan fingerprint density at radius 2 is 2.16 bits per heavy atom. The second kappa shape index (κ2) is 5.77. The first-order chi connectivity index (χ1) is 9.08. The summed E-state index contributed by atoms with van der Waals surface area (Å²) >= 11 is 0. The van der Waals surface area contributed by atoms with E-state index in [0.717, 1.165) is 0 Å². The van der Waals surface area contributed by atoms with Gasteiger partial charge in [0.25, 0.3) is 5.91 Å². The molecule has 2 heterocycles. The van der Waals surface area contributed by atoms with Crippen LogP contribution in [-0.2, 0) is 4.79 Å². The number of nitrogens with zero attached hydrogens (tertiary/aromatic N) is 3. The number of amides is 2. The molecule has 1 saturated heterocycles. The molecule has 102 valence electrons. The minimum Gasteiger partial charge on any atom is -0.352 e. The average Bonchev–Trinajstić information content (AvgIpc) is 2.78. The molecular weight excluding hydrogens is 244 g/mol. The fourth-order valence-electron chi connectivity index (χ4n) is 2.20. The maximum absolute atomic E-state index is 11.8. The molecule has 1 aliphatic rings. The minimum atomic E-state index is -0.198. The maximum atomic E-state index is 11.8. The van der Waals surface area contributed by atoms with E-state index in [1.54, 1.807) is 0 Å². The SMILES string of the molecule is CC(C)N1C[C@@H](CNC(=O)c2cncnc2)CC1=O. The van der Waals surface area contributed by atoms with Crippen molar-refractivity contribution in [2.75, 3.05) is 13.1 Å². The van der Waals surface area contributed by atoms with E-state index in [4.69, 9.17) is 0 Å². The smallest absolute Gasteiger partial charge is 0.254 e. The summed E-state index contributed by atoms with van der Waals surface area (Å²) in [5.74, 6) is 0.150. The van der Waals surface area contributed by atoms with Crippen molar-refractivity contribution < 1.29 is 9.59 Å². The van der Waals surface area contributed by atoms with E-state index < -0.39 is 0 Å². The van der Waals surface area contributed by atoms with Crippen LogP contribution in [0.5, 0.6) is 0 Å². The fraction of sp³-hybridized carbons (Fsp3) is 0.538. The van der Waals surface area contributed by atoms with Crippen molar-refractivity contribution in [3.8, 4) is 0 Å². The Morgan fingerprint density at radius 1 is 1.47 bits per heavy atom. The first kappa shape index (κ1) is 13.5. The Kier molecular flexibility index (Phi) is 4.09. The first-order valence-electron chi connectivity index (χ1n) is 6.40. The Bertz CT molecular complexity index is 461. The molecular formula is C13H18N4O2. The molecule has 0 unspecified atom stereocenters. The number of rotatable bonds is 4. The van der Waals surface area contributed by atoms with E-state index in [9.17, 15) is 9.59 Å². The topological polar surface area (TPSA) is 75.2 Å². The van der Waals surface area contributed by atoms with Gasteiger partial charge in [-0.25, -0.2) is 9.97 Å². The predicted molar refractivity (Wildman–Crippen MR) is 69.3 cm³/mol. The molecule has 2 amide bonds. The summed E-state index contributed by atoms with van der Waals surface area (Å²) in [7, 11) is 0. The van der Waals surface area contributed by atoms with Crippen molar-refractivity contribution in [3.63, 3.8) is 0 Å². The molecule has 6 nitrogen and oxygen atoms in total. The third-order valence-electron chi connectivity index (χ3n) is 3.24. The first-order valence-corrected chi connectivity index (χ1v) is 6.40. The summed E-state index contributed by atoms with van der Waals surface area (Å²) in [4.78, 5) is 33.0. The van der Waals surface area contributed by atoms with Gasteiger partial charge in [-0.05, 0) is 13.8 Å². The number of hydrogen-bond acceptors (Lipinski definition) is 4. The van der Waals surface area contributed by atoms with Gasteiger partial charge in [-0.1, -0.05) is 0 Å². The summed E-state index contributed by atoms with van der Waals surface area (Å²) in [6, 6.07) is 0.218. The Labute approximate surface area is 112 Å². The largest absolute Gasteiger partial charge is 0.352 e. The van der Waals surface area contributed by atoms with E-state index >= 15 is 0 Å². The van der Waals surface area contributed by atoms with Gasteiger partial charge in [0.05, 0.1) is 5.56 Å². The van der Waals surface area contributed by atoms with Gasteiger partial charge in [0.15, 0.2) is 0 Å². The second-order valence-corrected chi connectivity index (χ2v) is 5.05. The van der Waals surface area contributed by atoms with Gasteiger partial charge in [0, 0.05) is 43.9 Å². The normalized spacial score (nSPS) is 19.0. The third-order valence-corrected chi connectivity index (χ3v) is 3.24. The number of likely N-dealkylation sites (tertiary alicyclic amines) is 1. The van der Waals surface area contributed by atoms with E-state index in [-0.39, 0.29) is 23.8 Å². The molecule has 19 heavy (non-hydrogen) atoms. The van der Waals surface area contributed by atoms with Crippen LogP contribution in [-0.4, -0.2) is 45.8 Å². The lowest BCUT2D eigenvalue weighted by molar-refractivity contribution is -0.129. The zero-order valence-electron chi connectivity index (χ0n) is 11.2. The number of carbonyl (C=O) groups excluding carboxylic acids is 2. The standard InChI is InChI=1S/C13H18N4O2/c1-9(2)17-7-10(3-12(17)18)4-16-13(19)11-5-14-8-15-6-11/h5-6,8-10H,3-4,7H2,1-2H3,(H,16,19)/t10-/m1/s1. The minimum absolute atomic E-state index is 0.164. The molecule has 1 aromatic rings. The van der Waals surface area contributed by atoms with E-state index in [2.05, 4.69) is 15.3 Å². The molecule has 0 aromatic carbocycles. The van der Waals surface area contributed by atoms with Gasteiger partial charge >= 0.3 is 0 Å². The molecule has 2 rings (SSSR count). The highest BCUT2D eigenvalue weighted by Crippen LogP contribution is 2.19. The van der Waals surface area contributed by atoms with Gasteiger partial charge < -0.3 is 10.2 Å². The molecule has 1 aliphatic heterocycles. The molecule has 0 radical (unpaired) electrons. The van der Waals surface area contributed by atoms with Crippen molar-refractivity contribution in [2.45, 2.75) is 26.3 Å². The van der Waals surface area contributed by atoms with E-state index in [0.29, 0.717) is 25.1 Å². The zero-order valence-corrected chi connectivity index (χ0v) is 11.2. The lowest BCUT2D eigenvalue weighted by atomic mass is 10.1. The molecule has 1 atom stereocenters. The van der Waals surface area contributed by atoms with Crippen molar-refractivity contribution >= 4 is 11.8 Å². The van der Waals surface area contributed by atoms with Crippen LogP contribution in [0, 0.1) is 5.92 Å². The van der Waals surface area contributed by atoms with Crippen LogP contribution in [0.1, 0.15) is 30.6 Å². The average molecular weight is 262 g/mol. The molecule has 0 saturated carbocycles. The van der Waals surface area contributed by atoms with Gasteiger partial charge in [0.2, 0.25) is 5.91 Å². The van der Waals surface area contributed by atoms with Crippen LogP contribution >= 0.6 is 0 Å². The van der Waals surface area contributed by atoms with Gasteiger partial charge in [-0.2, -0.15) is 0 Å². The Hall–Kier alpha value is -1.98. The summed E-state index contributed by atoms with van der Waals surface area (Å²) in [5, 5.41) is 2.82. The van der Waals surface area contributed by atoms with Gasteiger partial charge in [-0.15, -0.1) is 0 Å². The lowest BCUT2D eigenvalue weighted by Gasteiger charge is -2.21. The highest BCUT2D eigenvalue weighted by atomic mass is 16.2. The lowest BCUT2D eigenvalue weighted by Crippen LogP contribution is -2.34. The monoisotopic (exact) mass is 262 g/mol. The maximum Gasteiger partial charge on any atom is 0.254 e.